The first-order chi connectivity index (χ1) is 12.5. The second-order valence-electron chi connectivity index (χ2n) is 6.09. The Balaban J connectivity index is 1.79. The predicted octanol–water partition coefficient (Wildman–Crippen LogP) is 4.47. The number of ether oxygens (including phenoxy) is 2. The number of nitrogens with one attached hydrogen (secondary N) is 1. The number of carbonyl (C=O) groups is 2. The summed E-state index contributed by atoms with van der Waals surface area (Å²) in [6.07, 6.45) is 3.11. The highest BCUT2D eigenvalue weighted by Gasteiger charge is 2.28. The molecule has 1 aromatic carbocycles. The molecule has 1 aliphatic rings. The van der Waals surface area contributed by atoms with Crippen molar-refractivity contribution < 1.29 is 19.1 Å². The SMILES string of the molecule is COC(=O)c1c(NC(=O)C(C)Oc2ccccc2Cl)sc2c1CCCC2. The van der Waals surface area contributed by atoms with Crippen molar-refractivity contribution in [2.75, 3.05) is 12.4 Å². The van der Waals surface area contributed by atoms with Gasteiger partial charge in [0.2, 0.25) is 0 Å². The first-order valence-electron chi connectivity index (χ1n) is 8.46. The normalized spacial score (nSPS) is 14.3. The maximum Gasteiger partial charge on any atom is 0.341 e. The van der Waals surface area contributed by atoms with Gasteiger partial charge < -0.3 is 14.8 Å². The van der Waals surface area contributed by atoms with Crippen molar-refractivity contribution >= 4 is 39.8 Å². The van der Waals surface area contributed by atoms with E-state index in [1.54, 1.807) is 31.2 Å². The Kier molecular flexibility index (Phi) is 5.84. The van der Waals surface area contributed by atoms with Crippen LogP contribution in [0.3, 0.4) is 0 Å². The van der Waals surface area contributed by atoms with E-state index in [0.717, 1.165) is 36.1 Å². The highest BCUT2D eigenvalue weighted by atomic mass is 35.5. The zero-order valence-corrected chi connectivity index (χ0v) is 16.2. The molecule has 2 aromatic rings. The van der Waals surface area contributed by atoms with Gasteiger partial charge in [0.05, 0.1) is 17.7 Å². The van der Waals surface area contributed by atoms with Gasteiger partial charge in [0.25, 0.3) is 5.91 Å². The number of anilines is 1. The lowest BCUT2D eigenvalue weighted by atomic mass is 9.95. The van der Waals surface area contributed by atoms with Gasteiger partial charge in [-0.05, 0) is 50.3 Å². The van der Waals surface area contributed by atoms with Gasteiger partial charge in [0.15, 0.2) is 6.10 Å². The number of carbonyl (C=O) groups excluding carboxylic acids is 2. The lowest BCUT2D eigenvalue weighted by molar-refractivity contribution is -0.122. The summed E-state index contributed by atoms with van der Waals surface area (Å²) in [6.45, 7) is 1.64. The van der Waals surface area contributed by atoms with Crippen LogP contribution in [0.25, 0.3) is 0 Å². The van der Waals surface area contributed by atoms with E-state index >= 15 is 0 Å². The highest BCUT2D eigenvalue weighted by Crippen LogP contribution is 2.38. The number of rotatable bonds is 5. The summed E-state index contributed by atoms with van der Waals surface area (Å²) in [5.41, 5.74) is 1.48. The Labute approximate surface area is 161 Å². The average Bonchev–Trinajstić information content (AvgIpc) is 3.00. The monoisotopic (exact) mass is 393 g/mol. The maximum absolute atomic E-state index is 12.6. The van der Waals surface area contributed by atoms with E-state index in [-0.39, 0.29) is 5.91 Å². The quantitative estimate of drug-likeness (QED) is 0.761. The first kappa shape index (κ1) is 18.7. The molecule has 1 N–H and O–H groups in total. The van der Waals surface area contributed by atoms with E-state index in [1.807, 2.05) is 0 Å². The summed E-state index contributed by atoms with van der Waals surface area (Å²) < 4.78 is 10.6. The molecule has 0 saturated carbocycles. The van der Waals surface area contributed by atoms with Crippen molar-refractivity contribution in [3.05, 3.63) is 45.3 Å². The van der Waals surface area contributed by atoms with Crippen LogP contribution in [0.15, 0.2) is 24.3 Å². The molecule has 0 bridgehead atoms. The molecule has 0 saturated heterocycles. The number of para-hydroxylation sites is 1. The Hall–Kier alpha value is -2.05. The molecule has 1 aliphatic carbocycles. The zero-order chi connectivity index (χ0) is 18.7. The van der Waals surface area contributed by atoms with Crippen molar-refractivity contribution in [3.63, 3.8) is 0 Å². The first-order valence-corrected chi connectivity index (χ1v) is 9.65. The number of methoxy groups -OCH3 is 1. The molecule has 5 nitrogen and oxygen atoms in total. The second-order valence-corrected chi connectivity index (χ2v) is 7.60. The third kappa shape index (κ3) is 3.86. The number of aryl methyl sites for hydroxylation is 1. The molecule has 1 aromatic heterocycles. The van der Waals surface area contributed by atoms with Gasteiger partial charge >= 0.3 is 5.97 Å². The fourth-order valence-electron chi connectivity index (χ4n) is 2.97. The van der Waals surface area contributed by atoms with Crippen molar-refractivity contribution in [1.29, 1.82) is 0 Å². The number of esters is 1. The molecule has 1 unspecified atom stereocenters. The summed E-state index contributed by atoms with van der Waals surface area (Å²) in [6, 6.07) is 6.98. The third-order valence-electron chi connectivity index (χ3n) is 4.31. The van der Waals surface area contributed by atoms with E-state index in [1.165, 1.54) is 18.4 Å². The van der Waals surface area contributed by atoms with Crippen LogP contribution in [-0.2, 0) is 22.4 Å². The van der Waals surface area contributed by atoms with Crippen LogP contribution < -0.4 is 10.1 Å². The van der Waals surface area contributed by atoms with Gasteiger partial charge in [-0.3, -0.25) is 4.79 Å². The number of fused-ring (bicyclic) bond motifs is 1. The highest BCUT2D eigenvalue weighted by molar-refractivity contribution is 7.17. The number of thiophene rings is 1. The number of hydrogen-bond acceptors (Lipinski definition) is 5. The molecule has 0 fully saturated rings. The van der Waals surface area contributed by atoms with Crippen LogP contribution >= 0.6 is 22.9 Å². The lowest BCUT2D eigenvalue weighted by Gasteiger charge is -2.15. The topological polar surface area (TPSA) is 64.6 Å². The van der Waals surface area contributed by atoms with E-state index in [9.17, 15) is 9.59 Å². The van der Waals surface area contributed by atoms with Crippen LogP contribution in [0.2, 0.25) is 5.02 Å². The molecular weight excluding hydrogens is 374 g/mol. The number of amides is 1. The Bertz CT molecular complexity index is 833. The lowest BCUT2D eigenvalue weighted by Crippen LogP contribution is -2.30. The molecule has 0 aliphatic heterocycles. The minimum atomic E-state index is -0.764. The van der Waals surface area contributed by atoms with Crippen LogP contribution in [0.4, 0.5) is 5.00 Å². The predicted molar refractivity (Wildman–Crippen MR) is 102 cm³/mol. The molecule has 0 spiro atoms. The van der Waals surface area contributed by atoms with Gasteiger partial charge in [-0.25, -0.2) is 4.79 Å². The fourth-order valence-corrected chi connectivity index (χ4v) is 4.43. The Morgan fingerprint density at radius 1 is 1.23 bits per heavy atom. The van der Waals surface area contributed by atoms with E-state index < -0.39 is 12.1 Å². The third-order valence-corrected chi connectivity index (χ3v) is 5.83. The minimum absolute atomic E-state index is 0.339. The maximum atomic E-state index is 12.6. The van der Waals surface area contributed by atoms with Crippen LogP contribution in [-0.4, -0.2) is 25.1 Å². The van der Waals surface area contributed by atoms with Gasteiger partial charge in [-0.2, -0.15) is 0 Å². The van der Waals surface area contributed by atoms with Crippen LogP contribution in [0.5, 0.6) is 5.75 Å². The fraction of sp³-hybridized carbons (Fsp3) is 0.368. The molecule has 7 heteroatoms. The average molecular weight is 394 g/mol. The van der Waals surface area contributed by atoms with E-state index in [2.05, 4.69) is 5.32 Å². The van der Waals surface area contributed by atoms with Gasteiger partial charge in [0.1, 0.15) is 10.8 Å². The molecular formula is C19H20ClNO4S. The zero-order valence-electron chi connectivity index (χ0n) is 14.6. The standard InChI is InChI=1S/C19H20ClNO4S/c1-11(25-14-9-5-4-8-13(14)20)17(22)21-18-16(19(23)24-2)12-7-3-6-10-15(12)26-18/h4-5,8-9,11H,3,6-7,10H2,1-2H3,(H,21,22). The van der Waals surface area contributed by atoms with Crippen molar-refractivity contribution in [3.8, 4) is 5.75 Å². The molecule has 1 atom stereocenters. The smallest absolute Gasteiger partial charge is 0.341 e. The molecule has 1 amide bonds. The molecule has 138 valence electrons. The Morgan fingerprint density at radius 2 is 1.96 bits per heavy atom. The summed E-state index contributed by atoms with van der Waals surface area (Å²) in [5, 5.41) is 3.80. The molecule has 26 heavy (non-hydrogen) atoms. The number of halogens is 1. The van der Waals surface area contributed by atoms with E-state index in [4.69, 9.17) is 21.1 Å². The molecule has 1 heterocycles. The van der Waals surface area contributed by atoms with Crippen molar-refractivity contribution in [2.45, 2.75) is 38.7 Å². The summed E-state index contributed by atoms with van der Waals surface area (Å²) in [5.74, 6) is -0.316. The van der Waals surface area contributed by atoms with Crippen molar-refractivity contribution in [2.24, 2.45) is 0 Å². The molecule has 0 radical (unpaired) electrons. The number of hydrogen-bond donors (Lipinski definition) is 1. The largest absolute Gasteiger partial charge is 0.479 e. The van der Waals surface area contributed by atoms with Crippen molar-refractivity contribution in [1.82, 2.24) is 0 Å². The van der Waals surface area contributed by atoms with Crippen LogP contribution in [0.1, 0.15) is 40.6 Å². The number of benzene rings is 1. The van der Waals surface area contributed by atoms with Gasteiger partial charge in [0, 0.05) is 4.88 Å². The van der Waals surface area contributed by atoms with Crippen LogP contribution in [0, 0.1) is 0 Å². The minimum Gasteiger partial charge on any atom is -0.479 e. The van der Waals surface area contributed by atoms with E-state index in [0.29, 0.717) is 21.3 Å². The molecule has 3 rings (SSSR count). The summed E-state index contributed by atoms with van der Waals surface area (Å²) in [7, 11) is 1.35. The summed E-state index contributed by atoms with van der Waals surface area (Å²) >= 11 is 7.52. The van der Waals surface area contributed by atoms with Gasteiger partial charge in [-0.15, -0.1) is 11.3 Å². The summed E-state index contributed by atoms with van der Waals surface area (Å²) in [4.78, 5) is 26.0. The second kappa shape index (κ2) is 8.10. The van der Waals surface area contributed by atoms with Gasteiger partial charge in [-0.1, -0.05) is 23.7 Å². The Morgan fingerprint density at radius 3 is 2.69 bits per heavy atom.